The number of aryl methyl sites for hydroxylation is 2. The van der Waals surface area contributed by atoms with Crippen LogP contribution >= 0.6 is 15.9 Å². The zero-order valence-electron chi connectivity index (χ0n) is 11.2. The first-order chi connectivity index (χ1) is 9.11. The number of hydrogen-bond acceptors (Lipinski definition) is 1. The van der Waals surface area contributed by atoms with Gasteiger partial charge in [0.25, 0.3) is 0 Å². The molecule has 19 heavy (non-hydrogen) atoms. The van der Waals surface area contributed by atoms with Gasteiger partial charge in [-0.25, -0.2) is 4.39 Å². The molecule has 0 spiro atoms. The number of aromatic nitrogens is 1. The Morgan fingerprint density at radius 3 is 2.89 bits per heavy atom. The number of anilines is 1. The highest BCUT2D eigenvalue weighted by atomic mass is 79.9. The van der Waals surface area contributed by atoms with Gasteiger partial charge in [0.15, 0.2) is 0 Å². The Balaban J connectivity index is 2.10. The van der Waals surface area contributed by atoms with Crippen LogP contribution in [-0.2, 0) is 13.1 Å². The van der Waals surface area contributed by atoms with Crippen molar-refractivity contribution in [2.45, 2.75) is 33.4 Å². The van der Waals surface area contributed by atoms with Crippen LogP contribution in [0.3, 0.4) is 0 Å². The monoisotopic (exact) mass is 324 g/mol. The quantitative estimate of drug-likeness (QED) is 0.842. The molecule has 0 atom stereocenters. The van der Waals surface area contributed by atoms with Crippen LogP contribution in [-0.4, -0.2) is 4.57 Å². The van der Waals surface area contributed by atoms with Gasteiger partial charge in [-0.1, -0.05) is 6.92 Å². The summed E-state index contributed by atoms with van der Waals surface area (Å²) in [5.74, 6) is -0.225. The third-order valence-electron chi connectivity index (χ3n) is 3.12. The van der Waals surface area contributed by atoms with Crippen LogP contribution in [0, 0.1) is 12.7 Å². The predicted molar refractivity (Wildman–Crippen MR) is 80.9 cm³/mol. The summed E-state index contributed by atoms with van der Waals surface area (Å²) in [7, 11) is 0. The van der Waals surface area contributed by atoms with Gasteiger partial charge in [0, 0.05) is 24.1 Å². The highest BCUT2D eigenvalue weighted by molar-refractivity contribution is 9.10. The van der Waals surface area contributed by atoms with Crippen LogP contribution in [0.2, 0.25) is 0 Å². The molecular weight excluding hydrogens is 307 g/mol. The van der Waals surface area contributed by atoms with Gasteiger partial charge in [0.05, 0.1) is 11.0 Å². The molecular formula is C15H18BrFN2. The summed E-state index contributed by atoms with van der Waals surface area (Å²) in [5, 5.41) is 3.36. The van der Waals surface area contributed by atoms with Crippen molar-refractivity contribution < 1.29 is 4.39 Å². The molecule has 0 amide bonds. The number of benzene rings is 1. The van der Waals surface area contributed by atoms with Crippen molar-refractivity contribution in [3.8, 4) is 0 Å². The SMILES string of the molecule is CCCn1cccc1CNc1cc(Br)c(F)cc1C. The summed E-state index contributed by atoms with van der Waals surface area (Å²) in [6.07, 6.45) is 3.21. The van der Waals surface area contributed by atoms with E-state index in [1.807, 2.05) is 6.92 Å². The van der Waals surface area contributed by atoms with E-state index in [1.54, 1.807) is 6.07 Å². The molecule has 0 aliphatic carbocycles. The van der Waals surface area contributed by atoms with Gasteiger partial charge in [0.1, 0.15) is 5.82 Å². The van der Waals surface area contributed by atoms with Crippen LogP contribution in [0.15, 0.2) is 34.9 Å². The van der Waals surface area contributed by atoms with E-state index in [0.717, 1.165) is 30.8 Å². The normalized spacial score (nSPS) is 10.7. The molecule has 0 saturated heterocycles. The molecule has 0 bridgehead atoms. The highest BCUT2D eigenvalue weighted by Crippen LogP contribution is 2.24. The van der Waals surface area contributed by atoms with Crippen molar-refractivity contribution in [2.75, 3.05) is 5.32 Å². The molecule has 0 aliphatic heterocycles. The number of nitrogens with one attached hydrogen (secondary N) is 1. The fourth-order valence-electron chi connectivity index (χ4n) is 2.09. The molecule has 102 valence electrons. The summed E-state index contributed by atoms with van der Waals surface area (Å²) >= 11 is 3.22. The second kappa shape index (κ2) is 6.24. The number of hydrogen-bond donors (Lipinski definition) is 1. The van der Waals surface area contributed by atoms with E-state index in [-0.39, 0.29) is 5.82 Å². The molecule has 1 heterocycles. The van der Waals surface area contributed by atoms with Gasteiger partial charge in [-0.15, -0.1) is 0 Å². The molecule has 4 heteroatoms. The van der Waals surface area contributed by atoms with Crippen molar-refractivity contribution in [3.63, 3.8) is 0 Å². The smallest absolute Gasteiger partial charge is 0.137 e. The van der Waals surface area contributed by atoms with Crippen LogP contribution in [0.1, 0.15) is 24.6 Å². The van der Waals surface area contributed by atoms with E-state index in [1.165, 1.54) is 11.8 Å². The Bertz CT molecular complexity index is 563. The first-order valence-electron chi connectivity index (χ1n) is 6.45. The minimum atomic E-state index is -0.225. The summed E-state index contributed by atoms with van der Waals surface area (Å²) < 4.78 is 16.1. The standard InChI is InChI=1S/C15H18BrFN2/c1-3-6-19-7-4-5-12(19)10-18-15-9-13(16)14(17)8-11(15)2/h4-5,7-9,18H,3,6,10H2,1-2H3. The zero-order valence-corrected chi connectivity index (χ0v) is 12.8. The summed E-state index contributed by atoms with van der Waals surface area (Å²) in [4.78, 5) is 0. The highest BCUT2D eigenvalue weighted by Gasteiger charge is 2.06. The maximum Gasteiger partial charge on any atom is 0.137 e. The molecule has 2 nitrogen and oxygen atoms in total. The Labute approximate surface area is 121 Å². The predicted octanol–water partition coefficient (Wildman–Crippen LogP) is 4.72. The third-order valence-corrected chi connectivity index (χ3v) is 3.72. The van der Waals surface area contributed by atoms with Crippen molar-refractivity contribution in [2.24, 2.45) is 0 Å². The summed E-state index contributed by atoms with van der Waals surface area (Å²) in [6.45, 7) is 5.84. The maximum atomic E-state index is 13.4. The largest absolute Gasteiger partial charge is 0.379 e. The van der Waals surface area contributed by atoms with E-state index >= 15 is 0 Å². The second-order valence-electron chi connectivity index (χ2n) is 4.63. The van der Waals surface area contributed by atoms with Crippen LogP contribution in [0.25, 0.3) is 0 Å². The molecule has 2 aromatic rings. The second-order valence-corrected chi connectivity index (χ2v) is 5.48. The van der Waals surface area contributed by atoms with E-state index < -0.39 is 0 Å². The van der Waals surface area contributed by atoms with E-state index in [2.05, 4.69) is 51.1 Å². The Hall–Kier alpha value is -1.29. The van der Waals surface area contributed by atoms with Crippen LogP contribution < -0.4 is 5.32 Å². The van der Waals surface area contributed by atoms with Gasteiger partial charge in [-0.05, 0) is 59.1 Å². The van der Waals surface area contributed by atoms with Gasteiger partial charge in [0.2, 0.25) is 0 Å². The first kappa shape index (κ1) is 14.1. The molecule has 1 N–H and O–H groups in total. The topological polar surface area (TPSA) is 17.0 Å². The summed E-state index contributed by atoms with van der Waals surface area (Å²) in [6, 6.07) is 7.49. The van der Waals surface area contributed by atoms with E-state index in [0.29, 0.717) is 4.47 Å². The Morgan fingerprint density at radius 1 is 1.37 bits per heavy atom. The number of halogens is 2. The molecule has 0 unspecified atom stereocenters. The molecule has 0 fully saturated rings. The van der Waals surface area contributed by atoms with Crippen molar-refractivity contribution >= 4 is 21.6 Å². The Morgan fingerprint density at radius 2 is 2.16 bits per heavy atom. The lowest BCUT2D eigenvalue weighted by atomic mass is 10.2. The van der Waals surface area contributed by atoms with Gasteiger partial charge in [-0.2, -0.15) is 0 Å². The van der Waals surface area contributed by atoms with E-state index in [9.17, 15) is 4.39 Å². The van der Waals surface area contributed by atoms with Crippen molar-refractivity contribution in [1.82, 2.24) is 4.57 Å². The van der Waals surface area contributed by atoms with Crippen LogP contribution in [0.4, 0.5) is 10.1 Å². The lowest BCUT2D eigenvalue weighted by molar-refractivity contribution is 0.620. The molecule has 0 saturated carbocycles. The molecule has 0 radical (unpaired) electrons. The van der Waals surface area contributed by atoms with Gasteiger partial charge in [-0.3, -0.25) is 0 Å². The number of rotatable bonds is 5. The number of nitrogens with zero attached hydrogens (tertiary/aromatic N) is 1. The average molecular weight is 325 g/mol. The lowest BCUT2D eigenvalue weighted by Gasteiger charge is -2.13. The minimum absolute atomic E-state index is 0.225. The summed E-state index contributed by atoms with van der Waals surface area (Å²) in [5.41, 5.74) is 3.11. The maximum absolute atomic E-state index is 13.4. The molecule has 2 rings (SSSR count). The fraction of sp³-hybridized carbons (Fsp3) is 0.333. The average Bonchev–Trinajstić information content (AvgIpc) is 2.80. The molecule has 1 aromatic heterocycles. The third kappa shape index (κ3) is 3.38. The fourth-order valence-corrected chi connectivity index (χ4v) is 2.43. The minimum Gasteiger partial charge on any atom is -0.379 e. The van der Waals surface area contributed by atoms with Gasteiger partial charge >= 0.3 is 0 Å². The first-order valence-corrected chi connectivity index (χ1v) is 7.24. The van der Waals surface area contributed by atoms with Crippen LogP contribution in [0.5, 0.6) is 0 Å². The van der Waals surface area contributed by atoms with Crippen molar-refractivity contribution in [3.05, 3.63) is 52.0 Å². The van der Waals surface area contributed by atoms with Crippen molar-refractivity contribution in [1.29, 1.82) is 0 Å². The molecule has 0 aliphatic rings. The lowest BCUT2D eigenvalue weighted by Crippen LogP contribution is -2.07. The Kier molecular flexibility index (Phi) is 4.64. The zero-order chi connectivity index (χ0) is 13.8. The molecule has 1 aromatic carbocycles. The van der Waals surface area contributed by atoms with E-state index in [4.69, 9.17) is 0 Å². The van der Waals surface area contributed by atoms with Gasteiger partial charge < -0.3 is 9.88 Å².